The first-order valence-corrected chi connectivity index (χ1v) is 8.15. The van der Waals surface area contributed by atoms with Crippen molar-refractivity contribution < 1.29 is 9.53 Å². The van der Waals surface area contributed by atoms with Gasteiger partial charge in [-0.15, -0.1) is 0 Å². The monoisotopic (exact) mass is 352 g/mol. The summed E-state index contributed by atoms with van der Waals surface area (Å²) < 4.78 is 5.13. The molecule has 4 nitrogen and oxygen atoms in total. The summed E-state index contributed by atoms with van der Waals surface area (Å²) in [6, 6.07) is 17.8. The van der Waals surface area contributed by atoms with E-state index in [2.05, 4.69) is 10.3 Å². The van der Waals surface area contributed by atoms with Gasteiger partial charge in [-0.05, 0) is 53.6 Å². The molecule has 0 aliphatic heterocycles. The van der Waals surface area contributed by atoms with Crippen molar-refractivity contribution in [2.75, 3.05) is 7.11 Å². The van der Waals surface area contributed by atoms with E-state index in [1.807, 2.05) is 24.3 Å². The lowest BCUT2D eigenvalue weighted by Gasteiger charge is -2.20. The Hall–Kier alpha value is -2.85. The highest BCUT2D eigenvalue weighted by Crippen LogP contribution is 2.24. The van der Waals surface area contributed by atoms with E-state index >= 15 is 0 Å². The fraction of sp³-hybridized carbons (Fsp3) is 0.100. The normalized spacial score (nSPS) is 11.6. The molecule has 5 heteroatoms. The molecule has 1 heterocycles. The Bertz CT molecular complexity index is 834. The second kappa shape index (κ2) is 7.81. The number of aromatic nitrogens is 1. The third-order valence-electron chi connectivity index (χ3n) is 3.85. The number of rotatable bonds is 5. The summed E-state index contributed by atoms with van der Waals surface area (Å²) >= 11 is 5.98. The van der Waals surface area contributed by atoms with Crippen LogP contribution >= 0.6 is 11.6 Å². The predicted molar refractivity (Wildman–Crippen MR) is 98.0 cm³/mol. The van der Waals surface area contributed by atoms with E-state index in [-0.39, 0.29) is 11.9 Å². The molecular weight excluding hydrogens is 336 g/mol. The largest absolute Gasteiger partial charge is 0.497 e. The number of benzene rings is 2. The molecule has 3 rings (SSSR count). The second-order valence-corrected chi connectivity index (χ2v) is 5.91. The van der Waals surface area contributed by atoms with Crippen molar-refractivity contribution in [2.24, 2.45) is 0 Å². The summed E-state index contributed by atoms with van der Waals surface area (Å²) in [6.45, 7) is 0. The Morgan fingerprint density at radius 1 is 1.04 bits per heavy atom. The number of hydrogen-bond donors (Lipinski definition) is 1. The number of halogens is 1. The minimum absolute atomic E-state index is 0.175. The highest BCUT2D eigenvalue weighted by atomic mass is 35.5. The predicted octanol–water partition coefficient (Wildman–Crippen LogP) is 4.26. The molecule has 25 heavy (non-hydrogen) atoms. The quantitative estimate of drug-likeness (QED) is 0.746. The van der Waals surface area contributed by atoms with E-state index in [4.69, 9.17) is 16.3 Å². The minimum atomic E-state index is -0.319. The highest BCUT2D eigenvalue weighted by molar-refractivity contribution is 6.30. The zero-order valence-corrected chi connectivity index (χ0v) is 14.4. The molecule has 0 aliphatic carbocycles. The van der Waals surface area contributed by atoms with Crippen LogP contribution in [-0.2, 0) is 0 Å². The van der Waals surface area contributed by atoms with Crippen molar-refractivity contribution in [3.63, 3.8) is 0 Å². The molecule has 126 valence electrons. The number of pyridine rings is 1. The topological polar surface area (TPSA) is 51.2 Å². The Morgan fingerprint density at radius 3 is 2.36 bits per heavy atom. The molecule has 0 bridgehead atoms. The van der Waals surface area contributed by atoms with Gasteiger partial charge in [0.2, 0.25) is 0 Å². The maximum Gasteiger partial charge on any atom is 0.252 e. The first-order chi connectivity index (χ1) is 12.2. The molecule has 0 aliphatic rings. The number of ether oxygens (including phenoxy) is 1. The van der Waals surface area contributed by atoms with Crippen LogP contribution in [0.5, 0.6) is 5.75 Å². The van der Waals surface area contributed by atoms with Crippen LogP contribution in [0.1, 0.15) is 27.5 Å². The van der Waals surface area contributed by atoms with E-state index in [9.17, 15) is 4.79 Å². The molecule has 0 saturated carbocycles. The van der Waals surface area contributed by atoms with Crippen molar-refractivity contribution in [3.05, 3.63) is 94.8 Å². The maximum absolute atomic E-state index is 12.7. The standard InChI is InChI=1S/C20H17ClN2O2/c1-25-18-10-6-15(7-11-18)20(24)23-19(16-3-2-12-22-13-16)14-4-8-17(21)9-5-14/h2-13,19H,1H3,(H,23,24). The van der Waals surface area contributed by atoms with Gasteiger partial charge >= 0.3 is 0 Å². The number of amides is 1. The Labute approximate surface area is 151 Å². The highest BCUT2D eigenvalue weighted by Gasteiger charge is 2.18. The van der Waals surface area contributed by atoms with Gasteiger partial charge in [0, 0.05) is 23.0 Å². The summed E-state index contributed by atoms with van der Waals surface area (Å²) in [4.78, 5) is 16.8. The van der Waals surface area contributed by atoms with Crippen molar-refractivity contribution in [1.29, 1.82) is 0 Å². The molecule has 0 saturated heterocycles. The van der Waals surface area contributed by atoms with Gasteiger partial charge in [-0.25, -0.2) is 0 Å². The lowest BCUT2D eigenvalue weighted by Crippen LogP contribution is -2.29. The van der Waals surface area contributed by atoms with E-state index in [0.717, 1.165) is 11.1 Å². The molecule has 1 aromatic heterocycles. The van der Waals surface area contributed by atoms with Crippen molar-refractivity contribution in [2.45, 2.75) is 6.04 Å². The lowest BCUT2D eigenvalue weighted by molar-refractivity contribution is 0.0943. The average molecular weight is 353 g/mol. The maximum atomic E-state index is 12.7. The van der Waals surface area contributed by atoms with Gasteiger partial charge in [-0.1, -0.05) is 29.8 Å². The smallest absolute Gasteiger partial charge is 0.252 e. The van der Waals surface area contributed by atoms with Crippen LogP contribution < -0.4 is 10.1 Å². The van der Waals surface area contributed by atoms with Crippen LogP contribution in [0.2, 0.25) is 5.02 Å². The van der Waals surface area contributed by atoms with E-state index < -0.39 is 0 Å². The van der Waals surface area contributed by atoms with E-state index in [1.54, 1.807) is 55.9 Å². The number of nitrogens with one attached hydrogen (secondary N) is 1. The molecular formula is C20H17ClN2O2. The molecule has 1 unspecified atom stereocenters. The third kappa shape index (κ3) is 4.17. The molecule has 2 aromatic carbocycles. The molecule has 1 atom stereocenters. The first-order valence-electron chi connectivity index (χ1n) is 7.77. The van der Waals surface area contributed by atoms with Gasteiger partial charge in [0.05, 0.1) is 13.2 Å². The van der Waals surface area contributed by atoms with Gasteiger partial charge in [-0.2, -0.15) is 0 Å². The van der Waals surface area contributed by atoms with Crippen LogP contribution in [-0.4, -0.2) is 18.0 Å². The van der Waals surface area contributed by atoms with E-state index in [0.29, 0.717) is 16.3 Å². The summed E-state index contributed by atoms with van der Waals surface area (Å²) in [5, 5.41) is 3.71. The molecule has 1 amide bonds. The molecule has 1 N–H and O–H groups in total. The van der Waals surface area contributed by atoms with Gasteiger partial charge in [-0.3, -0.25) is 9.78 Å². The van der Waals surface area contributed by atoms with Gasteiger partial charge in [0.25, 0.3) is 5.91 Å². The van der Waals surface area contributed by atoms with Gasteiger partial charge in [0.1, 0.15) is 5.75 Å². The molecule has 3 aromatic rings. The van der Waals surface area contributed by atoms with Crippen molar-refractivity contribution in [1.82, 2.24) is 10.3 Å². The van der Waals surface area contributed by atoms with Crippen molar-refractivity contribution >= 4 is 17.5 Å². The summed E-state index contributed by atoms with van der Waals surface area (Å²) in [6.07, 6.45) is 3.45. The first kappa shape index (κ1) is 17.0. The van der Waals surface area contributed by atoms with Crippen molar-refractivity contribution in [3.8, 4) is 5.75 Å². The zero-order chi connectivity index (χ0) is 17.6. The molecule has 0 radical (unpaired) electrons. The number of carbonyl (C=O) groups excluding carboxylic acids is 1. The number of carbonyl (C=O) groups is 1. The third-order valence-corrected chi connectivity index (χ3v) is 4.10. The SMILES string of the molecule is COc1ccc(C(=O)NC(c2ccc(Cl)cc2)c2cccnc2)cc1. The molecule has 0 fully saturated rings. The zero-order valence-electron chi connectivity index (χ0n) is 13.6. The Morgan fingerprint density at radius 2 is 1.76 bits per heavy atom. The van der Waals surface area contributed by atoms with Crippen LogP contribution in [0.25, 0.3) is 0 Å². The van der Waals surface area contributed by atoms with Crippen LogP contribution in [0.3, 0.4) is 0 Å². The molecule has 0 spiro atoms. The lowest BCUT2D eigenvalue weighted by atomic mass is 9.99. The summed E-state index contributed by atoms with van der Waals surface area (Å²) in [5.74, 6) is 0.532. The second-order valence-electron chi connectivity index (χ2n) is 5.47. The fourth-order valence-electron chi connectivity index (χ4n) is 2.52. The van der Waals surface area contributed by atoms with Gasteiger partial charge < -0.3 is 10.1 Å². The average Bonchev–Trinajstić information content (AvgIpc) is 2.67. The van der Waals surface area contributed by atoms with Crippen LogP contribution in [0, 0.1) is 0 Å². The number of hydrogen-bond acceptors (Lipinski definition) is 3. The Balaban J connectivity index is 1.89. The van der Waals surface area contributed by atoms with Crippen LogP contribution in [0.4, 0.5) is 0 Å². The summed E-state index contributed by atoms with van der Waals surface area (Å²) in [5.41, 5.74) is 2.38. The fourth-order valence-corrected chi connectivity index (χ4v) is 2.64. The Kier molecular flexibility index (Phi) is 5.31. The minimum Gasteiger partial charge on any atom is -0.497 e. The van der Waals surface area contributed by atoms with Gasteiger partial charge in [0.15, 0.2) is 0 Å². The summed E-state index contributed by atoms with van der Waals surface area (Å²) in [7, 11) is 1.59. The van der Waals surface area contributed by atoms with E-state index in [1.165, 1.54) is 0 Å². The van der Waals surface area contributed by atoms with Crippen LogP contribution in [0.15, 0.2) is 73.1 Å². The number of methoxy groups -OCH3 is 1. The number of nitrogens with zero attached hydrogens (tertiary/aromatic N) is 1.